The molecule has 0 spiro atoms. The van der Waals surface area contributed by atoms with E-state index in [4.69, 9.17) is 24.0 Å². The number of benzene rings is 1. The standard InChI is InChI=1S/C18H24BNO5/c1-18(2,3)23-17(21)12-16-11-15(9-10-20)24-19(25-16)13-5-7-14(22-4)8-6-13/h5-8,15-16H,9,11-12H2,1-4H3/t15-,16-/m1/s1. The van der Waals surface area contributed by atoms with Crippen LogP contribution in [-0.4, -0.2) is 38.0 Å². The van der Waals surface area contributed by atoms with E-state index in [1.54, 1.807) is 7.11 Å². The van der Waals surface area contributed by atoms with E-state index < -0.39 is 12.7 Å². The van der Waals surface area contributed by atoms with Gasteiger partial charge in [-0.05, 0) is 44.8 Å². The van der Waals surface area contributed by atoms with Gasteiger partial charge in [-0.25, -0.2) is 0 Å². The molecule has 7 heteroatoms. The maximum Gasteiger partial charge on any atom is 0.494 e. The molecule has 2 rings (SSSR count). The molecule has 1 aliphatic rings. The van der Waals surface area contributed by atoms with E-state index in [0.717, 1.165) is 11.2 Å². The zero-order valence-electron chi connectivity index (χ0n) is 15.2. The van der Waals surface area contributed by atoms with Gasteiger partial charge in [-0.2, -0.15) is 5.26 Å². The van der Waals surface area contributed by atoms with Crippen LogP contribution in [0.25, 0.3) is 0 Å². The van der Waals surface area contributed by atoms with Gasteiger partial charge in [0.2, 0.25) is 0 Å². The Balaban J connectivity index is 2.07. The van der Waals surface area contributed by atoms with Crippen molar-refractivity contribution in [1.82, 2.24) is 0 Å². The van der Waals surface area contributed by atoms with Crippen molar-refractivity contribution >= 4 is 18.6 Å². The van der Waals surface area contributed by atoms with Crippen LogP contribution in [-0.2, 0) is 18.8 Å². The number of esters is 1. The Hall–Kier alpha value is -2.04. The van der Waals surface area contributed by atoms with Gasteiger partial charge in [0.05, 0.1) is 38.2 Å². The lowest BCUT2D eigenvalue weighted by Crippen LogP contribution is -2.49. The summed E-state index contributed by atoms with van der Waals surface area (Å²) in [5.41, 5.74) is 0.279. The molecule has 0 aromatic heterocycles. The first-order chi connectivity index (χ1) is 11.8. The zero-order chi connectivity index (χ0) is 18.4. The van der Waals surface area contributed by atoms with Crippen molar-refractivity contribution in [3.63, 3.8) is 0 Å². The van der Waals surface area contributed by atoms with Gasteiger partial charge in [0, 0.05) is 0 Å². The summed E-state index contributed by atoms with van der Waals surface area (Å²) in [4.78, 5) is 12.1. The second-order valence-electron chi connectivity index (χ2n) is 7.01. The molecule has 0 bridgehead atoms. The summed E-state index contributed by atoms with van der Waals surface area (Å²) in [6.07, 6.45) is 0.238. The maximum absolute atomic E-state index is 12.1. The molecule has 1 aromatic carbocycles. The highest BCUT2D eigenvalue weighted by Gasteiger charge is 2.37. The molecule has 134 valence electrons. The van der Waals surface area contributed by atoms with Crippen molar-refractivity contribution < 1.29 is 23.6 Å². The van der Waals surface area contributed by atoms with Gasteiger partial charge in [0.1, 0.15) is 11.4 Å². The molecule has 1 heterocycles. The molecule has 0 unspecified atom stereocenters. The molecule has 6 nitrogen and oxygen atoms in total. The van der Waals surface area contributed by atoms with Gasteiger partial charge in [-0.3, -0.25) is 4.79 Å². The summed E-state index contributed by atoms with van der Waals surface area (Å²) in [6, 6.07) is 9.46. The maximum atomic E-state index is 12.1. The van der Waals surface area contributed by atoms with Gasteiger partial charge < -0.3 is 18.8 Å². The molecule has 0 aliphatic carbocycles. The molecule has 1 aromatic rings. The number of methoxy groups -OCH3 is 1. The Labute approximate surface area is 149 Å². The Morgan fingerprint density at radius 2 is 1.92 bits per heavy atom. The number of carbonyl (C=O) groups excluding carboxylic acids is 1. The van der Waals surface area contributed by atoms with Gasteiger partial charge in [-0.15, -0.1) is 0 Å². The Morgan fingerprint density at radius 3 is 2.48 bits per heavy atom. The smallest absolute Gasteiger partial charge is 0.494 e. The highest BCUT2D eigenvalue weighted by atomic mass is 16.6. The Morgan fingerprint density at radius 1 is 1.28 bits per heavy atom. The summed E-state index contributed by atoms with van der Waals surface area (Å²) >= 11 is 0. The largest absolute Gasteiger partial charge is 0.497 e. The second-order valence-corrected chi connectivity index (χ2v) is 7.01. The minimum Gasteiger partial charge on any atom is -0.497 e. The fraction of sp³-hybridized carbons (Fsp3) is 0.556. The van der Waals surface area contributed by atoms with E-state index >= 15 is 0 Å². The molecule has 0 amide bonds. The van der Waals surface area contributed by atoms with Crippen LogP contribution in [0.15, 0.2) is 24.3 Å². The van der Waals surface area contributed by atoms with E-state index in [-0.39, 0.29) is 31.0 Å². The molecule has 0 N–H and O–H groups in total. The summed E-state index contributed by atoms with van der Waals surface area (Å²) in [5, 5.41) is 8.99. The van der Waals surface area contributed by atoms with Crippen LogP contribution in [0.5, 0.6) is 5.75 Å². The lowest BCUT2D eigenvalue weighted by Gasteiger charge is -2.33. The van der Waals surface area contributed by atoms with Crippen LogP contribution in [0.3, 0.4) is 0 Å². The van der Waals surface area contributed by atoms with Crippen LogP contribution in [0.1, 0.15) is 40.0 Å². The van der Waals surface area contributed by atoms with Crippen molar-refractivity contribution in [3.05, 3.63) is 24.3 Å². The van der Waals surface area contributed by atoms with E-state index in [9.17, 15) is 4.79 Å². The van der Waals surface area contributed by atoms with Crippen LogP contribution in [0.4, 0.5) is 0 Å². The van der Waals surface area contributed by atoms with E-state index in [2.05, 4.69) is 6.07 Å². The van der Waals surface area contributed by atoms with E-state index in [1.165, 1.54) is 0 Å². The Bertz CT molecular complexity index is 620. The third kappa shape index (κ3) is 6.07. The molecule has 1 aliphatic heterocycles. The predicted molar refractivity (Wildman–Crippen MR) is 93.4 cm³/mol. The molecule has 25 heavy (non-hydrogen) atoms. The van der Waals surface area contributed by atoms with E-state index in [0.29, 0.717) is 6.42 Å². The summed E-state index contributed by atoms with van der Waals surface area (Å²) in [5.74, 6) is 0.419. The lowest BCUT2D eigenvalue weighted by atomic mass is 9.76. The van der Waals surface area contributed by atoms with Crippen LogP contribution in [0.2, 0.25) is 0 Å². The number of nitriles is 1. The molecule has 1 fully saturated rings. The number of nitrogens with zero attached hydrogens (tertiary/aromatic N) is 1. The SMILES string of the molecule is COc1ccc(B2O[C@H](CC#N)C[C@H](CC(=O)OC(C)(C)C)O2)cc1. The van der Waals surface area contributed by atoms with Crippen LogP contribution in [0, 0.1) is 11.3 Å². The fourth-order valence-corrected chi connectivity index (χ4v) is 2.64. The quantitative estimate of drug-likeness (QED) is 0.601. The first-order valence-corrected chi connectivity index (χ1v) is 8.34. The highest BCUT2D eigenvalue weighted by Crippen LogP contribution is 2.23. The normalized spacial score (nSPS) is 20.7. The minimum atomic E-state index is -0.620. The van der Waals surface area contributed by atoms with Crippen molar-refractivity contribution in [2.24, 2.45) is 0 Å². The van der Waals surface area contributed by atoms with Gasteiger partial charge in [0.25, 0.3) is 0 Å². The van der Waals surface area contributed by atoms with Crippen molar-refractivity contribution in [3.8, 4) is 11.8 Å². The molecular weight excluding hydrogens is 321 g/mol. The van der Waals surface area contributed by atoms with Crippen molar-refractivity contribution in [2.75, 3.05) is 7.11 Å². The lowest BCUT2D eigenvalue weighted by molar-refractivity contribution is -0.157. The first-order valence-electron chi connectivity index (χ1n) is 8.34. The molecule has 0 saturated carbocycles. The summed E-state index contributed by atoms with van der Waals surface area (Å²) in [6.45, 7) is 5.48. The van der Waals surface area contributed by atoms with Crippen LogP contribution < -0.4 is 10.2 Å². The Kier molecular flexibility index (Phi) is 6.46. The average Bonchev–Trinajstić information content (AvgIpc) is 2.53. The number of hydrogen-bond acceptors (Lipinski definition) is 6. The second kappa shape index (κ2) is 8.37. The number of ether oxygens (including phenoxy) is 2. The highest BCUT2D eigenvalue weighted by molar-refractivity contribution is 6.61. The monoisotopic (exact) mass is 345 g/mol. The molecular formula is C18H24BNO5. The number of carbonyl (C=O) groups is 1. The van der Waals surface area contributed by atoms with Gasteiger partial charge in [0.15, 0.2) is 0 Å². The van der Waals surface area contributed by atoms with Crippen LogP contribution >= 0.6 is 0 Å². The first kappa shape index (κ1) is 19.3. The summed E-state index contributed by atoms with van der Waals surface area (Å²) in [7, 11) is 0.980. The van der Waals surface area contributed by atoms with Crippen molar-refractivity contribution in [2.45, 2.75) is 57.8 Å². The predicted octanol–water partition coefficient (Wildman–Crippen LogP) is 2.21. The fourth-order valence-electron chi connectivity index (χ4n) is 2.64. The van der Waals surface area contributed by atoms with Crippen molar-refractivity contribution in [1.29, 1.82) is 5.26 Å². The third-order valence-corrected chi connectivity index (χ3v) is 3.68. The molecule has 1 saturated heterocycles. The summed E-state index contributed by atoms with van der Waals surface area (Å²) < 4.78 is 22.3. The third-order valence-electron chi connectivity index (χ3n) is 3.68. The molecule has 2 atom stereocenters. The number of hydrogen-bond donors (Lipinski definition) is 0. The average molecular weight is 345 g/mol. The minimum absolute atomic E-state index is 0.134. The molecule has 0 radical (unpaired) electrons. The van der Waals surface area contributed by atoms with Gasteiger partial charge >= 0.3 is 13.1 Å². The van der Waals surface area contributed by atoms with Gasteiger partial charge in [-0.1, -0.05) is 12.1 Å². The topological polar surface area (TPSA) is 77.8 Å². The zero-order valence-corrected chi connectivity index (χ0v) is 15.2. The van der Waals surface area contributed by atoms with E-state index in [1.807, 2.05) is 45.0 Å². The number of rotatable bonds is 5.